The number of thiophene rings is 1. The number of carbonyl (C=O) groups excluding carboxylic acids is 2. The van der Waals surface area contributed by atoms with Gasteiger partial charge in [-0.25, -0.2) is 9.59 Å². The molecule has 3 rings (SSSR count). The first-order valence-electron chi connectivity index (χ1n) is 8.55. The van der Waals surface area contributed by atoms with Crippen LogP contribution in [-0.2, 0) is 9.47 Å². The van der Waals surface area contributed by atoms with Crippen molar-refractivity contribution >= 4 is 23.4 Å². The minimum Gasteiger partial charge on any atom is -0.461 e. The molecule has 26 heavy (non-hydrogen) atoms. The molecule has 7 nitrogen and oxygen atoms in total. The van der Waals surface area contributed by atoms with E-state index in [0.29, 0.717) is 25.4 Å². The molecule has 0 N–H and O–H groups in total. The van der Waals surface area contributed by atoms with Gasteiger partial charge in [-0.1, -0.05) is 0 Å². The summed E-state index contributed by atoms with van der Waals surface area (Å²) in [6.45, 7) is 8.59. The van der Waals surface area contributed by atoms with E-state index < -0.39 is 11.6 Å². The Morgan fingerprint density at radius 3 is 2.65 bits per heavy atom. The van der Waals surface area contributed by atoms with Crippen LogP contribution < -0.4 is 0 Å². The molecular weight excluding hydrogens is 354 g/mol. The van der Waals surface area contributed by atoms with Gasteiger partial charge in [0.25, 0.3) is 0 Å². The third-order valence-corrected chi connectivity index (χ3v) is 4.60. The van der Waals surface area contributed by atoms with Crippen molar-refractivity contribution in [2.24, 2.45) is 0 Å². The molecule has 0 aliphatic carbocycles. The lowest BCUT2D eigenvalue weighted by atomic mass is 10.1. The molecule has 0 spiro atoms. The van der Waals surface area contributed by atoms with Crippen LogP contribution in [0.15, 0.2) is 23.0 Å². The maximum Gasteiger partial charge on any atom is 0.410 e. The van der Waals surface area contributed by atoms with Crippen molar-refractivity contribution in [3.8, 4) is 11.1 Å². The molecule has 1 amide bonds. The van der Waals surface area contributed by atoms with Gasteiger partial charge in [0, 0.05) is 24.8 Å². The van der Waals surface area contributed by atoms with E-state index in [0.717, 1.165) is 11.1 Å². The third kappa shape index (κ3) is 3.90. The molecule has 8 heteroatoms. The zero-order valence-corrected chi connectivity index (χ0v) is 16.2. The van der Waals surface area contributed by atoms with E-state index in [1.807, 2.05) is 43.8 Å². The van der Waals surface area contributed by atoms with Crippen LogP contribution in [0, 0.1) is 0 Å². The molecule has 0 saturated carbocycles. The maximum atomic E-state index is 12.3. The van der Waals surface area contributed by atoms with E-state index in [1.54, 1.807) is 27.8 Å². The Morgan fingerprint density at radius 2 is 2.08 bits per heavy atom. The fourth-order valence-corrected chi connectivity index (χ4v) is 3.31. The number of hydrogen-bond acceptors (Lipinski definition) is 6. The summed E-state index contributed by atoms with van der Waals surface area (Å²) in [5, 5.41) is 8.37. The van der Waals surface area contributed by atoms with Crippen LogP contribution in [0.25, 0.3) is 11.1 Å². The normalized spacial score (nSPS) is 14.8. The van der Waals surface area contributed by atoms with E-state index in [-0.39, 0.29) is 12.1 Å². The molecule has 2 aromatic heterocycles. The van der Waals surface area contributed by atoms with Crippen LogP contribution in [0.4, 0.5) is 4.79 Å². The van der Waals surface area contributed by atoms with Crippen LogP contribution in [0.1, 0.15) is 44.2 Å². The lowest BCUT2D eigenvalue weighted by Crippen LogP contribution is -2.52. The molecule has 1 aliphatic heterocycles. The number of amides is 1. The summed E-state index contributed by atoms with van der Waals surface area (Å²) in [7, 11) is 0. The number of esters is 1. The van der Waals surface area contributed by atoms with E-state index in [9.17, 15) is 9.59 Å². The summed E-state index contributed by atoms with van der Waals surface area (Å²) in [6.07, 6.45) is 1.52. The second-order valence-electron chi connectivity index (χ2n) is 7.14. The van der Waals surface area contributed by atoms with E-state index in [1.165, 1.54) is 0 Å². The highest BCUT2D eigenvalue weighted by Crippen LogP contribution is 2.30. The number of likely N-dealkylation sites (tertiary alicyclic amines) is 1. The Morgan fingerprint density at radius 1 is 1.35 bits per heavy atom. The SMILES string of the molecule is CCOC(=O)c1nn(C2CN(C(=O)OC(C)(C)C)C2)cc1-c1ccsc1. The average Bonchev–Trinajstić information content (AvgIpc) is 3.12. The van der Waals surface area contributed by atoms with Gasteiger partial charge in [0.1, 0.15) is 5.60 Å². The first kappa shape index (κ1) is 18.4. The highest BCUT2D eigenvalue weighted by Gasteiger charge is 2.36. The van der Waals surface area contributed by atoms with Gasteiger partial charge in [0.2, 0.25) is 0 Å². The summed E-state index contributed by atoms with van der Waals surface area (Å²) >= 11 is 1.56. The first-order valence-corrected chi connectivity index (χ1v) is 9.49. The topological polar surface area (TPSA) is 73.7 Å². The smallest absolute Gasteiger partial charge is 0.410 e. The Balaban J connectivity index is 1.75. The molecule has 0 radical (unpaired) electrons. The molecule has 1 aliphatic rings. The summed E-state index contributed by atoms with van der Waals surface area (Å²) in [6, 6.07) is 1.96. The molecule has 1 saturated heterocycles. The van der Waals surface area contributed by atoms with Gasteiger partial charge in [-0.3, -0.25) is 4.68 Å². The molecule has 3 heterocycles. The van der Waals surface area contributed by atoms with Gasteiger partial charge in [-0.05, 0) is 50.1 Å². The maximum absolute atomic E-state index is 12.3. The molecule has 0 bridgehead atoms. The molecular formula is C18H23N3O4S. The number of carbonyl (C=O) groups is 2. The molecule has 0 unspecified atom stereocenters. The average molecular weight is 377 g/mol. The lowest BCUT2D eigenvalue weighted by Gasteiger charge is -2.39. The van der Waals surface area contributed by atoms with Crippen molar-refractivity contribution in [3.63, 3.8) is 0 Å². The monoisotopic (exact) mass is 377 g/mol. The van der Waals surface area contributed by atoms with Crippen molar-refractivity contribution in [1.29, 1.82) is 0 Å². The van der Waals surface area contributed by atoms with Crippen LogP contribution >= 0.6 is 11.3 Å². The van der Waals surface area contributed by atoms with Gasteiger partial charge in [-0.15, -0.1) is 0 Å². The standard InChI is InChI=1S/C18H23N3O4S/c1-5-24-16(22)15-14(12-6-7-26-11-12)10-21(19-15)13-8-20(9-13)17(23)25-18(2,3)4/h6-7,10-11,13H,5,8-9H2,1-4H3. The van der Waals surface area contributed by atoms with Crippen molar-refractivity contribution < 1.29 is 19.1 Å². The van der Waals surface area contributed by atoms with E-state index in [4.69, 9.17) is 9.47 Å². The highest BCUT2D eigenvalue weighted by atomic mass is 32.1. The zero-order chi connectivity index (χ0) is 18.9. The fourth-order valence-electron chi connectivity index (χ4n) is 2.66. The molecule has 0 atom stereocenters. The molecule has 2 aromatic rings. The fraction of sp³-hybridized carbons (Fsp3) is 0.500. The van der Waals surface area contributed by atoms with Gasteiger partial charge in [0.05, 0.1) is 12.6 Å². The molecule has 0 aromatic carbocycles. The second-order valence-corrected chi connectivity index (χ2v) is 7.92. The lowest BCUT2D eigenvalue weighted by molar-refractivity contribution is -0.000559. The van der Waals surface area contributed by atoms with Crippen molar-refractivity contribution in [2.45, 2.75) is 39.3 Å². The van der Waals surface area contributed by atoms with Gasteiger partial charge >= 0.3 is 12.1 Å². The zero-order valence-electron chi connectivity index (χ0n) is 15.4. The van der Waals surface area contributed by atoms with Crippen LogP contribution in [0.5, 0.6) is 0 Å². The van der Waals surface area contributed by atoms with Crippen LogP contribution in [-0.4, -0.2) is 52.0 Å². The van der Waals surface area contributed by atoms with Crippen LogP contribution in [0.3, 0.4) is 0 Å². The summed E-state index contributed by atoms with van der Waals surface area (Å²) in [4.78, 5) is 26.0. The predicted octanol–water partition coefficient (Wildman–Crippen LogP) is 3.58. The predicted molar refractivity (Wildman–Crippen MR) is 98.3 cm³/mol. The number of aromatic nitrogens is 2. The quantitative estimate of drug-likeness (QED) is 0.762. The van der Waals surface area contributed by atoms with Crippen molar-refractivity contribution in [3.05, 3.63) is 28.7 Å². The van der Waals surface area contributed by atoms with Crippen molar-refractivity contribution in [2.75, 3.05) is 19.7 Å². The Bertz CT molecular complexity index is 786. The number of ether oxygens (including phenoxy) is 2. The Hall–Kier alpha value is -2.35. The first-order chi connectivity index (χ1) is 12.3. The third-order valence-electron chi connectivity index (χ3n) is 3.92. The van der Waals surface area contributed by atoms with Crippen molar-refractivity contribution in [1.82, 2.24) is 14.7 Å². The second kappa shape index (κ2) is 7.11. The van der Waals surface area contributed by atoms with E-state index in [2.05, 4.69) is 5.10 Å². The minimum absolute atomic E-state index is 0.0167. The van der Waals surface area contributed by atoms with Gasteiger partial charge in [-0.2, -0.15) is 16.4 Å². The summed E-state index contributed by atoms with van der Waals surface area (Å²) in [5.74, 6) is -0.434. The summed E-state index contributed by atoms with van der Waals surface area (Å²) in [5.41, 5.74) is 1.48. The number of nitrogens with zero attached hydrogens (tertiary/aromatic N) is 3. The molecule has 140 valence electrons. The van der Waals surface area contributed by atoms with Crippen LogP contribution in [0.2, 0.25) is 0 Å². The minimum atomic E-state index is -0.517. The Labute approximate surface area is 156 Å². The number of hydrogen-bond donors (Lipinski definition) is 0. The van der Waals surface area contributed by atoms with Gasteiger partial charge in [0.15, 0.2) is 5.69 Å². The Kier molecular flexibility index (Phi) is 5.04. The molecule has 1 fully saturated rings. The van der Waals surface area contributed by atoms with E-state index >= 15 is 0 Å². The number of rotatable bonds is 4. The highest BCUT2D eigenvalue weighted by molar-refractivity contribution is 7.08. The summed E-state index contributed by atoms with van der Waals surface area (Å²) < 4.78 is 12.2. The van der Waals surface area contributed by atoms with Gasteiger partial charge < -0.3 is 14.4 Å². The largest absolute Gasteiger partial charge is 0.461 e.